The molecule has 118 valence electrons. The van der Waals surface area contributed by atoms with Crippen LogP contribution in [0.25, 0.3) is 0 Å². The van der Waals surface area contributed by atoms with Crippen molar-refractivity contribution in [3.63, 3.8) is 0 Å². The second-order valence-corrected chi connectivity index (χ2v) is 6.24. The van der Waals surface area contributed by atoms with Gasteiger partial charge in [-0.3, -0.25) is 4.79 Å². The maximum absolute atomic E-state index is 13.5. The number of hydrogen-bond donors (Lipinski definition) is 1. The number of nitrogens with one attached hydrogen (secondary N) is 1. The predicted octanol–water partition coefficient (Wildman–Crippen LogP) is 2.94. The molecule has 1 aromatic carbocycles. The molecule has 0 saturated carbocycles. The minimum atomic E-state index is -0.214. The topological polar surface area (TPSA) is 32.3 Å². The lowest BCUT2D eigenvalue weighted by Crippen LogP contribution is -2.57. The van der Waals surface area contributed by atoms with Gasteiger partial charge < -0.3 is 10.2 Å². The summed E-state index contributed by atoms with van der Waals surface area (Å²) in [7, 11) is 0. The van der Waals surface area contributed by atoms with E-state index in [1.165, 1.54) is 17.8 Å². The van der Waals surface area contributed by atoms with E-state index in [1.54, 1.807) is 12.1 Å². The van der Waals surface area contributed by atoms with Gasteiger partial charge in [0.25, 0.3) is 0 Å². The number of thioether (sulfide) groups is 1. The third kappa shape index (κ3) is 4.87. The molecule has 6 heteroatoms. The highest BCUT2D eigenvalue weighted by Gasteiger charge is 2.27. The van der Waals surface area contributed by atoms with Crippen LogP contribution < -0.4 is 5.32 Å². The summed E-state index contributed by atoms with van der Waals surface area (Å²) < 4.78 is 13.5. The van der Waals surface area contributed by atoms with Crippen LogP contribution in [0.15, 0.2) is 29.2 Å². The van der Waals surface area contributed by atoms with Crippen LogP contribution in [0.2, 0.25) is 0 Å². The number of benzene rings is 1. The van der Waals surface area contributed by atoms with E-state index in [9.17, 15) is 9.18 Å². The number of amides is 1. The highest BCUT2D eigenvalue weighted by Crippen LogP contribution is 2.22. The van der Waals surface area contributed by atoms with Crippen molar-refractivity contribution in [3.8, 4) is 0 Å². The van der Waals surface area contributed by atoms with Crippen molar-refractivity contribution in [2.24, 2.45) is 0 Å². The number of piperazine rings is 1. The average Bonchev–Trinajstić information content (AvgIpc) is 2.44. The van der Waals surface area contributed by atoms with Gasteiger partial charge in [-0.1, -0.05) is 12.1 Å². The Balaban J connectivity index is 0.00000220. The molecule has 1 fully saturated rings. The molecule has 1 aliphatic heterocycles. The first-order valence-electron chi connectivity index (χ1n) is 7.00. The highest BCUT2D eigenvalue weighted by atomic mass is 35.5. The molecule has 2 rings (SSSR count). The van der Waals surface area contributed by atoms with E-state index in [4.69, 9.17) is 0 Å². The molecule has 2 unspecified atom stereocenters. The number of halogens is 2. The van der Waals surface area contributed by atoms with E-state index < -0.39 is 0 Å². The van der Waals surface area contributed by atoms with Crippen LogP contribution in [0.5, 0.6) is 0 Å². The van der Waals surface area contributed by atoms with Crippen LogP contribution in [0.4, 0.5) is 4.39 Å². The van der Waals surface area contributed by atoms with E-state index in [-0.39, 0.29) is 30.2 Å². The van der Waals surface area contributed by atoms with Crippen LogP contribution in [-0.2, 0) is 4.79 Å². The maximum atomic E-state index is 13.5. The van der Waals surface area contributed by atoms with Crippen LogP contribution in [0.3, 0.4) is 0 Å². The Hall–Kier alpha value is -0.780. The van der Waals surface area contributed by atoms with E-state index in [2.05, 4.69) is 19.2 Å². The van der Waals surface area contributed by atoms with Gasteiger partial charge in [-0.25, -0.2) is 4.39 Å². The van der Waals surface area contributed by atoms with Crippen LogP contribution in [0, 0.1) is 5.82 Å². The lowest BCUT2D eigenvalue weighted by atomic mass is 10.1. The van der Waals surface area contributed by atoms with Crippen LogP contribution in [0.1, 0.15) is 20.3 Å². The first-order chi connectivity index (χ1) is 9.59. The molecule has 1 aromatic rings. The van der Waals surface area contributed by atoms with E-state index in [0.29, 0.717) is 23.1 Å². The largest absolute Gasteiger partial charge is 0.337 e. The number of rotatable bonds is 4. The monoisotopic (exact) mass is 332 g/mol. The van der Waals surface area contributed by atoms with Gasteiger partial charge in [0.15, 0.2) is 0 Å². The summed E-state index contributed by atoms with van der Waals surface area (Å²) in [6.45, 7) is 5.77. The Morgan fingerprint density at radius 3 is 2.86 bits per heavy atom. The summed E-state index contributed by atoms with van der Waals surface area (Å²) in [5, 5.41) is 3.36. The molecule has 0 spiro atoms. The van der Waals surface area contributed by atoms with Gasteiger partial charge >= 0.3 is 0 Å². The van der Waals surface area contributed by atoms with Gasteiger partial charge in [0.2, 0.25) is 5.91 Å². The molecule has 0 aromatic heterocycles. The molecule has 0 bridgehead atoms. The maximum Gasteiger partial charge on any atom is 0.223 e. The Kier molecular flexibility index (Phi) is 7.49. The van der Waals surface area contributed by atoms with Crippen molar-refractivity contribution in [2.75, 3.05) is 18.8 Å². The molecule has 21 heavy (non-hydrogen) atoms. The van der Waals surface area contributed by atoms with E-state index in [0.717, 1.165) is 13.1 Å². The first kappa shape index (κ1) is 18.3. The number of nitrogens with zero attached hydrogens (tertiary/aromatic N) is 1. The zero-order valence-corrected chi connectivity index (χ0v) is 14.0. The zero-order chi connectivity index (χ0) is 14.5. The molecular formula is C15H22ClFN2OS. The van der Waals surface area contributed by atoms with Crippen molar-refractivity contribution in [1.29, 1.82) is 0 Å². The number of hydrogen-bond acceptors (Lipinski definition) is 3. The summed E-state index contributed by atoms with van der Waals surface area (Å²) in [5.41, 5.74) is 0. The zero-order valence-electron chi connectivity index (χ0n) is 12.3. The Labute approximate surface area is 136 Å². The van der Waals surface area contributed by atoms with E-state index in [1.807, 2.05) is 11.0 Å². The fourth-order valence-corrected chi connectivity index (χ4v) is 3.24. The minimum Gasteiger partial charge on any atom is -0.337 e. The van der Waals surface area contributed by atoms with Crippen molar-refractivity contribution in [1.82, 2.24) is 10.2 Å². The molecule has 0 radical (unpaired) electrons. The third-order valence-corrected chi connectivity index (χ3v) is 4.82. The third-order valence-electron chi connectivity index (χ3n) is 3.76. The molecule has 1 N–H and O–H groups in total. The predicted molar refractivity (Wildman–Crippen MR) is 87.6 cm³/mol. The fraction of sp³-hybridized carbons (Fsp3) is 0.533. The van der Waals surface area contributed by atoms with Crippen molar-refractivity contribution >= 4 is 30.1 Å². The smallest absolute Gasteiger partial charge is 0.223 e. The van der Waals surface area contributed by atoms with Gasteiger partial charge in [-0.05, 0) is 26.0 Å². The molecule has 2 atom stereocenters. The molecular weight excluding hydrogens is 311 g/mol. The summed E-state index contributed by atoms with van der Waals surface area (Å²) in [5.74, 6) is 0.564. The standard InChI is InChI=1S/C15H21FN2OS.ClH/c1-11-12(2)18(9-8-17-11)15(19)7-10-20-14-6-4-3-5-13(14)16;/h3-6,11-12,17H,7-10H2,1-2H3;1H. The summed E-state index contributed by atoms with van der Waals surface area (Å²) >= 11 is 1.40. The molecule has 1 aliphatic rings. The Morgan fingerprint density at radius 1 is 1.43 bits per heavy atom. The molecule has 0 aliphatic carbocycles. The highest BCUT2D eigenvalue weighted by molar-refractivity contribution is 7.99. The molecule has 1 heterocycles. The van der Waals surface area contributed by atoms with Crippen molar-refractivity contribution < 1.29 is 9.18 Å². The number of carbonyl (C=O) groups excluding carboxylic acids is 1. The molecule has 1 saturated heterocycles. The Morgan fingerprint density at radius 2 is 2.14 bits per heavy atom. The van der Waals surface area contributed by atoms with Gasteiger partial charge in [-0.15, -0.1) is 24.2 Å². The first-order valence-corrected chi connectivity index (χ1v) is 7.98. The van der Waals surface area contributed by atoms with Gasteiger partial charge in [-0.2, -0.15) is 0 Å². The van der Waals surface area contributed by atoms with Gasteiger partial charge in [0.1, 0.15) is 5.82 Å². The number of carbonyl (C=O) groups is 1. The van der Waals surface area contributed by atoms with Gasteiger partial charge in [0, 0.05) is 42.2 Å². The minimum absolute atomic E-state index is 0. The van der Waals surface area contributed by atoms with Crippen LogP contribution >= 0.6 is 24.2 Å². The average molecular weight is 333 g/mol. The second kappa shape index (κ2) is 8.61. The Bertz CT molecular complexity index is 475. The van der Waals surface area contributed by atoms with Gasteiger partial charge in [0.05, 0.1) is 0 Å². The summed E-state index contributed by atoms with van der Waals surface area (Å²) in [6, 6.07) is 7.23. The normalized spacial score (nSPS) is 21.8. The fourth-order valence-electron chi connectivity index (χ4n) is 2.36. The summed E-state index contributed by atoms with van der Waals surface area (Å²) in [4.78, 5) is 14.8. The SMILES string of the molecule is CC1NCCN(C(=O)CCSc2ccccc2F)C1C.Cl. The lowest BCUT2D eigenvalue weighted by molar-refractivity contribution is -0.134. The molecule has 3 nitrogen and oxygen atoms in total. The summed E-state index contributed by atoms with van der Waals surface area (Å²) in [6.07, 6.45) is 0.454. The van der Waals surface area contributed by atoms with E-state index >= 15 is 0 Å². The van der Waals surface area contributed by atoms with Crippen LogP contribution in [-0.4, -0.2) is 41.7 Å². The quantitative estimate of drug-likeness (QED) is 0.860. The van der Waals surface area contributed by atoms with Crippen molar-refractivity contribution in [2.45, 2.75) is 37.2 Å². The van der Waals surface area contributed by atoms with Crippen molar-refractivity contribution in [3.05, 3.63) is 30.1 Å². The molecule has 1 amide bonds. The lowest BCUT2D eigenvalue weighted by Gasteiger charge is -2.38. The second-order valence-electron chi connectivity index (χ2n) is 5.10.